The number of hydrogen-bond acceptors (Lipinski definition) is 4. The molecule has 0 aliphatic heterocycles. The van der Waals surface area contributed by atoms with Crippen LogP contribution in [0.5, 0.6) is 0 Å². The molecule has 0 atom stereocenters. The number of hydrogen-bond donors (Lipinski definition) is 2. The van der Waals surface area contributed by atoms with Crippen molar-refractivity contribution >= 4 is 11.9 Å². The van der Waals surface area contributed by atoms with E-state index in [9.17, 15) is 9.59 Å². The van der Waals surface area contributed by atoms with Crippen LogP contribution in [0.25, 0.3) is 0 Å². The summed E-state index contributed by atoms with van der Waals surface area (Å²) in [5.41, 5.74) is 0. The van der Waals surface area contributed by atoms with Crippen LogP contribution in [-0.2, 0) is 31.3 Å². The molecule has 0 aromatic carbocycles. The molecule has 0 saturated heterocycles. The van der Waals surface area contributed by atoms with Gasteiger partial charge in [0, 0.05) is 12.2 Å². The molecule has 0 amide bonds. The molecule has 0 aromatic rings. The maximum Gasteiger partial charge on any atom is 2.00 e. The molecule has 0 heterocycles. The van der Waals surface area contributed by atoms with Crippen LogP contribution in [-0.4, -0.2) is 36.4 Å². The van der Waals surface area contributed by atoms with Gasteiger partial charge in [0.2, 0.25) is 0 Å². The number of rotatable bonds is 2. The molecule has 7 heteroatoms. The summed E-state index contributed by atoms with van der Waals surface area (Å²) in [6.45, 7) is 5.92. The minimum absolute atomic E-state index is 0. The van der Waals surface area contributed by atoms with Crippen molar-refractivity contribution in [2.75, 3.05) is 14.2 Å². The van der Waals surface area contributed by atoms with Crippen molar-refractivity contribution in [3.05, 3.63) is 25.3 Å². The van der Waals surface area contributed by atoms with Gasteiger partial charge < -0.3 is 20.4 Å². The van der Waals surface area contributed by atoms with E-state index >= 15 is 0 Å². The van der Waals surface area contributed by atoms with Crippen molar-refractivity contribution in [2.45, 2.75) is 0 Å². The SMILES string of the molecule is C=CC(=O)O.C=CC(=O)O.C[O-].C[O-].[Ti+2]. The monoisotopic (exact) mass is 254 g/mol. The van der Waals surface area contributed by atoms with E-state index in [0.717, 1.165) is 26.4 Å². The smallest absolute Gasteiger partial charge is 0.857 e. The molecule has 0 aromatic heterocycles. The van der Waals surface area contributed by atoms with Crippen LogP contribution >= 0.6 is 0 Å². The number of carboxylic acids is 2. The third-order valence-corrected chi connectivity index (χ3v) is 0.349. The Morgan fingerprint density at radius 2 is 1.00 bits per heavy atom. The summed E-state index contributed by atoms with van der Waals surface area (Å²) in [5, 5.41) is 31.7. The van der Waals surface area contributed by atoms with Crippen molar-refractivity contribution in [3.63, 3.8) is 0 Å². The average Bonchev–Trinajstić information content (AvgIpc) is 2.24. The molecule has 6 nitrogen and oxygen atoms in total. The number of aliphatic carboxylic acids is 2. The van der Waals surface area contributed by atoms with Gasteiger partial charge in [0.1, 0.15) is 0 Å². The van der Waals surface area contributed by atoms with Gasteiger partial charge >= 0.3 is 33.7 Å². The van der Waals surface area contributed by atoms with Gasteiger partial charge in [-0.05, 0) is 0 Å². The average molecular weight is 254 g/mol. The Labute approximate surface area is 103 Å². The fraction of sp³-hybridized carbons (Fsp3) is 0.250. The van der Waals surface area contributed by atoms with Crippen molar-refractivity contribution in [2.24, 2.45) is 0 Å². The second-order valence-electron chi connectivity index (χ2n) is 1.08. The molecule has 0 bridgehead atoms. The maximum absolute atomic E-state index is 9.25. The number of carbonyl (C=O) groups is 2. The summed E-state index contributed by atoms with van der Waals surface area (Å²) in [7, 11) is 1.50. The summed E-state index contributed by atoms with van der Waals surface area (Å²) in [4.78, 5) is 18.5. The Hall–Kier alpha value is -0.946. The van der Waals surface area contributed by atoms with Crippen LogP contribution in [0.4, 0.5) is 0 Å². The zero-order valence-electron chi connectivity index (χ0n) is 8.60. The molecular weight excluding hydrogens is 240 g/mol. The van der Waals surface area contributed by atoms with E-state index in [4.69, 9.17) is 20.4 Å². The van der Waals surface area contributed by atoms with Gasteiger partial charge in [-0.15, -0.1) is 0 Å². The Morgan fingerprint density at radius 3 is 1.00 bits per heavy atom. The minimum Gasteiger partial charge on any atom is -0.857 e. The minimum atomic E-state index is -0.981. The van der Waals surface area contributed by atoms with Crippen molar-refractivity contribution in [3.8, 4) is 0 Å². The van der Waals surface area contributed by atoms with E-state index in [0.29, 0.717) is 0 Å². The molecule has 0 radical (unpaired) electrons. The first-order chi connectivity index (χ1) is 6.54. The second-order valence-corrected chi connectivity index (χ2v) is 1.08. The summed E-state index contributed by atoms with van der Waals surface area (Å²) < 4.78 is 0. The van der Waals surface area contributed by atoms with Crippen LogP contribution in [0.15, 0.2) is 25.3 Å². The second kappa shape index (κ2) is 38.1. The molecule has 2 N–H and O–H groups in total. The van der Waals surface area contributed by atoms with Crippen molar-refractivity contribution in [1.82, 2.24) is 0 Å². The van der Waals surface area contributed by atoms with E-state index in [1.165, 1.54) is 0 Å². The first-order valence-corrected chi connectivity index (χ1v) is 3.07. The zero-order chi connectivity index (χ0) is 12.6. The normalized spacial score (nSPS) is 5.07. The quantitative estimate of drug-likeness (QED) is 0.455. The number of carboxylic acid groups (broad SMARTS) is 2. The van der Waals surface area contributed by atoms with Crippen LogP contribution in [0.1, 0.15) is 0 Å². The summed E-state index contributed by atoms with van der Waals surface area (Å²) in [6, 6.07) is 0. The van der Waals surface area contributed by atoms with Gasteiger partial charge in [-0.1, -0.05) is 13.2 Å². The van der Waals surface area contributed by atoms with Crippen LogP contribution in [0, 0.1) is 0 Å². The summed E-state index contributed by atoms with van der Waals surface area (Å²) in [6.07, 6.45) is 1.67. The largest absolute Gasteiger partial charge is 2.00 e. The summed E-state index contributed by atoms with van der Waals surface area (Å²) >= 11 is 0. The standard InChI is InChI=1S/2C3H4O2.2CH3O.Ti/c2*1-2-3(4)5;2*1-2;/h2*2H,1H2,(H,4,5);2*1H3;/q;;2*-1;+2. The van der Waals surface area contributed by atoms with Gasteiger partial charge in [0.15, 0.2) is 0 Å². The van der Waals surface area contributed by atoms with E-state index < -0.39 is 11.9 Å². The first-order valence-electron chi connectivity index (χ1n) is 3.07. The van der Waals surface area contributed by atoms with Gasteiger partial charge in [-0.25, -0.2) is 9.59 Å². The van der Waals surface area contributed by atoms with Gasteiger partial charge in [0.25, 0.3) is 0 Å². The molecule has 15 heavy (non-hydrogen) atoms. The predicted molar refractivity (Wildman–Crippen MR) is 47.5 cm³/mol. The van der Waals surface area contributed by atoms with E-state index in [2.05, 4.69) is 13.2 Å². The van der Waals surface area contributed by atoms with Crippen LogP contribution < -0.4 is 10.2 Å². The molecule has 0 aliphatic carbocycles. The van der Waals surface area contributed by atoms with E-state index in [1.54, 1.807) is 0 Å². The molecule has 0 unspecified atom stereocenters. The fourth-order valence-corrected chi connectivity index (χ4v) is 0. The van der Waals surface area contributed by atoms with Gasteiger partial charge in [0.05, 0.1) is 0 Å². The Kier molecular flexibility index (Phi) is 74.2. The first kappa shape index (κ1) is 29.2. The molecule has 86 valence electrons. The molecular formula is C8H14O6Ti. The summed E-state index contributed by atoms with van der Waals surface area (Å²) in [5.74, 6) is -1.96. The Morgan fingerprint density at radius 1 is 0.933 bits per heavy atom. The molecule has 0 fully saturated rings. The molecule has 0 spiro atoms. The van der Waals surface area contributed by atoms with Gasteiger partial charge in [-0.3, -0.25) is 0 Å². The van der Waals surface area contributed by atoms with Crippen molar-refractivity contribution in [1.29, 1.82) is 0 Å². The maximum atomic E-state index is 9.25. The zero-order valence-corrected chi connectivity index (χ0v) is 10.2. The van der Waals surface area contributed by atoms with Crippen LogP contribution in [0.3, 0.4) is 0 Å². The topological polar surface area (TPSA) is 121 Å². The molecule has 0 rings (SSSR count). The fourth-order valence-electron chi connectivity index (χ4n) is 0. The van der Waals surface area contributed by atoms with E-state index in [-0.39, 0.29) is 21.7 Å². The Bertz CT molecular complexity index is 139. The predicted octanol–water partition coefficient (Wildman–Crippen LogP) is -1.54. The van der Waals surface area contributed by atoms with Crippen molar-refractivity contribution < 1.29 is 51.7 Å². The molecule has 0 aliphatic rings. The third-order valence-electron chi connectivity index (χ3n) is 0.349. The molecule has 0 saturated carbocycles. The van der Waals surface area contributed by atoms with E-state index in [1.807, 2.05) is 0 Å². The third kappa shape index (κ3) is 171. The Balaban J connectivity index is -0.0000000318. The van der Waals surface area contributed by atoms with Gasteiger partial charge in [-0.2, -0.15) is 14.2 Å². The van der Waals surface area contributed by atoms with Crippen LogP contribution in [0.2, 0.25) is 0 Å².